The maximum Gasteiger partial charge on any atom is 0.249 e. The monoisotopic (exact) mass is 259 g/mol. The SMILES string of the molecule is O=C1CN(Cc2ccccn2)C(=O)C2(CCCC2)N1. The number of carbonyl (C=O) groups is 2. The summed E-state index contributed by atoms with van der Waals surface area (Å²) >= 11 is 0. The lowest BCUT2D eigenvalue weighted by Crippen LogP contribution is -2.65. The summed E-state index contributed by atoms with van der Waals surface area (Å²) in [5.74, 6) is -0.00677. The molecule has 100 valence electrons. The molecule has 2 heterocycles. The van der Waals surface area contributed by atoms with Gasteiger partial charge in [-0.2, -0.15) is 0 Å². The second-order valence-corrected chi connectivity index (χ2v) is 5.32. The summed E-state index contributed by atoms with van der Waals surface area (Å²) in [4.78, 5) is 30.3. The fourth-order valence-corrected chi connectivity index (χ4v) is 3.04. The minimum absolute atomic E-state index is 0.0512. The van der Waals surface area contributed by atoms with Gasteiger partial charge < -0.3 is 10.2 Å². The normalized spacial score (nSPS) is 21.8. The lowest BCUT2D eigenvalue weighted by atomic mass is 9.93. The number of piperazine rings is 1. The van der Waals surface area contributed by atoms with Gasteiger partial charge in [0.25, 0.3) is 0 Å². The van der Waals surface area contributed by atoms with Crippen LogP contribution in [0.4, 0.5) is 0 Å². The summed E-state index contributed by atoms with van der Waals surface area (Å²) in [6.45, 7) is 0.548. The van der Waals surface area contributed by atoms with Crippen molar-refractivity contribution in [3.05, 3.63) is 30.1 Å². The van der Waals surface area contributed by atoms with Gasteiger partial charge >= 0.3 is 0 Å². The summed E-state index contributed by atoms with van der Waals surface area (Å²) in [7, 11) is 0. The van der Waals surface area contributed by atoms with E-state index in [1.54, 1.807) is 11.1 Å². The van der Waals surface area contributed by atoms with Crippen molar-refractivity contribution < 1.29 is 9.59 Å². The second kappa shape index (κ2) is 4.64. The van der Waals surface area contributed by atoms with E-state index in [4.69, 9.17) is 0 Å². The molecule has 1 saturated carbocycles. The third-order valence-electron chi connectivity index (χ3n) is 3.95. The van der Waals surface area contributed by atoms with Crippen LogP contribution in [0, 0.1) is 0 Å². The van der Waals surface area contributed by atoms with Gasteiger partial charge in [0.15, 0.2) is 0 Å². The molecule has 0 bridgehead atoms. The third kappa shape index (κ3) is 2.20. The Bertz CT molecular complexity index is 495. The number of hydrogen-bond acceptors (Lipinski definition) is 3. The molecule has 1 aromatic heterocycles. The van der Waals surface area contributed by atoms with E-state index in [1.807, 2.05) is 18.2 Å². The van der Waals surface area contributed by atoms with Gasteiger partial charge in [-0.05, 0) is 25.0 Å². The molecule has 1 N–H and O–H groups in total. The van der Waals surface area contributed by atoms with Crippen LogP contribution in [-0.4, -0.2) is 33.8 Å². The number of amides is 2. The van der Waals surface area contributed by atoms with Crippen LogP contribution in [-0.2, 0) is 16.1 Å². The van der Waals surface area contributed by atoms with Crippen molar-refractivity contribution >= 4 is 11.8 Å². The Labute approximate surface area is 112 Å². The number of nitrogens with zero attached hydrogens (tertiary/aromatic N) is 2. The van der Waals surface area contributed by atoms with Crippen LogP contribution in [0.2, 0.25) is 0 Å². The Hall–Kier alpha value is -1.91. The standard InChI is InChI=1S/C14H17N3O2/c18-12-10-17(9-11-5-1-4-8-15-11)13(19)14(16-12)6-2-3-7-14/h1,4-5,8H,2-3,6-7,9-10H2,(H,16,18). The van der Waals surface area contributed by atoms with Gasteiger partial charge in [-0.15, -0.1) is 0 Å². The Balaban J connectivity index is 1.81. The highest BCUT2D eigenvalue weighted by Gasteiger charge is 2.48. The number of rotatable bonds is 2. The van der Waals surface area contributed by atoms with Crippen molar-refractivity contribution in [3.63, 3.8) is 0 Å². The third-order valence-corrected chi connectivity index (χ3v) is 3.95. The molecule has 5 heteroatoms. The summed E-state index contributed by atoms with van der Waals surface area (Å²) in [5, 5.41) is 2.91. The maximum atomic E-state index is 12.6. The van der Waals surface area contributed by atoms with Crippen LogP contribution in [0.25, 0.3) is 0 Å². The van der Waals surface area contributed by atoms with E-state index >= 15 is 0 Å². The zero-order valence-corrected chi connectivity index (χ0v) is 10.8. The predicted octanol–water partition coefficient (Wildman–Crippen LogP) is 0.853. The number of carbonyl (C=O) groups excluding carboxylic acids is 2. The van der Waals surface area contributed by atoms with Gasteiger partial charge in [0.2, 0.25) is 11.8 Å². The van der Waals surface area contributed by atoms with Crippen molar-refractivity contribution in [2.24, 2.45) is 0 Å². The lowest BCUT2D eigenvalue weighted by molar-refractivity contribution is -0.150. The topological polar surface area (TPSA) is 62.3 Å². The number of pyridine rings is 1. The number of nitrogens with one attached hydrogen (secondary N) is 1. The Morgan fingerprint density at radius 1 is 1.26 bits per heavy atom. The zero-order valence-electron chi connectivity index (χ0n) is 10.8. The molecule has 2 amide bonds. The fraction of sp³-hybridized carbons (Fsp3) is 0.500. The van der Waals surface area contributed by atoms with Crippen LogP contribution in [0.1, 0.15) is 31.4 Å². The molecule has 5 nitrogen and oxygen atoms in total. The van der Waals surface area contributed by atoms with Crippen LogP contribution in [0.3, 0.4) is 0 Å². The van der Waals surface area contributed by atoms with Crippen molar-refractivity contribution in [2.75, 3.05) is 6.54 Å². The molecule has 1 saturated heterocycles. The number of aromatic nitrogens is 1. The van der Waals surface area contributed by atoms with Gasteiger partial charge in [0.05, 0.1) is 12.2 Å². The molecular weight excluding hydrogens is 242 g/mol. The summed E-state index contributed by atoms with van der Waals surface area (Å²) in [6.07, 6.45) is 5.23. The molecule has 3 rings (SSSR count). The van der Waals surface area contributed by atoms with Crippen molar-refractivity contribution in [1.29, 1.82) is 0 Å². The highest BCUT2D eigenvalue weighted by atomic mass is 16.2. The first-order valence-electron chi connectivity index (χ1n) is 6.70. The van der Waals surface area contributed by atoms with Crippen LogP contribution in [0.5, 0.6) is 0 Å². The molecule has 1 aliphatic carbocycles. The lowest BCUT2D eigenvalue weighted by Gasteiger charge is -2.39. The van der Waals surface area contributed by atoms with E-state index in [9.17, 15) is 9.59 Å². The van der Waals surface area contributed by atoms with Crippen molar-refractivity contribution in [3.8, 4) is 0 Å². The Morgan fingerprint density at radius 2 is 2.05 bits per heavy atom. The highest BCUT2D eigenvalue weighted by molar-refractivity contribution is 5.98. The highest BCUT2D eigenvalue weighted by Crippen LogP contribution is 2.33. The molecular formula is C14H17N3O2. The molecule has 2 aliphatic rings. The van der Waals surface area contributed by atoms with E-state index in [0.29, 0.717) is 6.54 Å². The first-order valence-corrected chi connectivity index (χ1v) is 6.70. The molecule has 0 atom stereocenters. The van der Waals surface area contributed by atoms with E-state index < -0.39 is 5.54 Å². The van der Waals surface area contributed by atoms with Gasteiger partial charge in [0, 0.05) is 6.20 Å². The first-order chi connectivity index (χ1) is 9.20. The summed E-state index contributed by atoms with van der Waals surface area (Å²) < 4.78 is 0. The smallest absolute Gasteiger partial charge is 0.249 e. The van der Waals surface area contributed by atoms with Crippen molar-refractivity contribution in [1.82, 2.24) is 15.2 Å². The minimum Gasteiger partial charge on any atom is -0.340 e. The van der Waals surface area contributed by atoms with Gasteiger partial charge in [-0.3, -0.25) is 14.6 Å². The zero-order chi connectivity index (χ0) is 13.3. The average Bonchev–Trinajstić information content (AvgIpc) is 2.86. The number of hydrogen-bond donors (Lipinski definition) is 1. The van der Waals surface area contributed by atoms with E-state index in [2.05, 4.69) is 10.3 Å². The van der Waals surface area contributed by atoms with Crippen LogP contribution >= 0.6 is 0 Å². The second-order valence-electron chi connectivity index (χ2n) is 5.32. The van der Waals surface area contributed by atoms with E-state index in [1.165, 1.54) is 0 Å². The van der Waals surface area contributed by atoms with E-state index in [-0.39, 0.29) is 18.4 Å². The minimum atomic E-state index is -0.635. The molecule has 2 fully saturated rings. The van der Waals surface area contributed by atoms with Crippen LogP contribution in [0.15, 0.2) is 24.4 Å². The predicted molar refractivity (Wildman–Crippen MR) is 69.0 cm³/mol. The molecule has 1 aromatic rings. The van der Waals surface area contributed by atoms with Crippen LogP contribution < -0.4 is 5.32 Å². The largest absolute Gasteiger partial charge is 0.340 e. The maximum absolute atomic E-state index is 12.6. The van der Waals surface area contributed by atoms with Gasteiger partial charge in [-0.1, -0.05) is 18.9 Å². The molecule has 19 heavy (non-hydrogen) atoms. The van der Waals surface area contributed by atoms with Crippen molar-refractivity contribution in [2.45, 2.75) is 37.8 Å². The molecule has 0 unspecified atom stereocenters. The Kier molecular flexibility index (Phi) is 2.97. The first kappa shape index (κ1) is 12.1. The molecule has 0 aromatic carbocycles. The molecule has 1 aliphatic heterocycles. The van der Waals surface area contributed by atoms with Gasteiger partial charge in [-0.25, -0.2) is 0 Å². The molecule has 1 spiro atoms. The molecule has 0 radical (unpaired) electrons. The Morgan fingerprint density at radius 3 is 2.74 bits per heavy atom. The van der Waals surface area contributed by atoms with E-state index in [0.717, 1.165) is 31.4 Å². The fourth-order valence-electron chi connectivity index (χ4n) is 3.04. The average molecular weight is 259 g/mol. The quantitative estimate of drug-likeness (QED) is 0.856. The van der Waals surface area contributed by atoms with Gasteiger partial charge in [0.1, 0.15) is 12.1 Å². The summed E-state index contributed by atoms with van der Waals surface area (Å²) in [5.41, 5.74) is 0.183. The summed E-state index contributed by atoms with van der Waals surface area (Å²) in [6, 6.07) is 5.61.